The van der Waals surface area contributed by atoms with Crippen LogP contribution in [0.1, 0.15) is 5.56 Å². The zero-order valence-corrected chi connectivity index (χ0v) is 17.9. The van der Waals surface area contributed by atoms with Gasteiger partial charge in [-0.15, -0.1) is 0 Å². The molecule has 2 rings (SSSR count). The van der Waals surface area contributed by atoms with Crippen molar-refractivity contribution in [1.29, 1.82) is 0 Å². The maximum absolute atomic E-state index is 11.8. The van der Waals surface area contributed by atoms with Gasteiger partial charge in [-0.25, -0.2) is 5.43 Å². The van der Waals surface area contributed by atoms with Crippen LogP contribution in [0.5, 0.6) is 5.75 Å². The predicted octanol–water partition coefficient (Wildman–Crippen LogP) is 5.27. The molecule has 1 amide bonds. The summed E-state index contributed by atoms with van der Waals surface area (Å²) in [7, 11) is 0. The van der Waals surface area contributed by atoms with E-state index in [1.165, 1.54) is 0 Å². The Labute approximate surface area is 167 Å². The molecule has 2 aromatic carbocycles. The second-order valence-electron chi connectivity index (χ2n) is 4.33. The van der Waals surface area contributed by atoms with E-state index >= 15 is 0 Å². The third-order valence-electron chi connectivity index (χ3n) is 2.58. The van der Waals surface area contributed by atoms with Gasteiger partial charge < -0.3 is 4.74 Å². The van der Waals surface area contributed by atoms with Gasteiger partial charge in [0.05, 0.1) is 15.2 Å². The Morgan fingerprint density at radius 3 is 2.26 bits per heavy atom. The van der Waals surface area contributed by atoms with Crippen LogP contribution in [0.4, 0.5) is 0 Å². The Morgan fingerprint density at radius 2 is 1.65 bits per heavy atom. The van der Waals surface area contributed by atoms with Crippen molar-refractivity contribution in [3.63, 3.8) is 0 Å². The summed E-state index contributed by atoms with van der Waals surface area (Å²) >= 11 is 13.5. The lowest BCUT2D eigenvalue weighted by Gasteiger charge is -2.09. The molecule has 0 aliphatic heterocycles. The summed E-state index contributed by atoms with van der Waals surface area (Å²) < 4.78 is 8.86. The van der Waals surface area contributed by atoms with Gasteiger partial charge in [0.1, 0.15) is 5.75 Å². The molecular formula is C15H10Br4N2O2. The van der Waals surface area contributed by atoms with Gasteiger partial charge in [0.2, 0.25) is 0 Å². The number of hydrazone groups is 1. The zero-order valence-electron chi connectivity index (χ0n) is 11.5. The molecule has 1 N–H and O–H groups in total. The summed E-state index contributed by atoms with van der Waals surface area (Å²) in [5.41, 5.74) is 3.30. The lowest BCUT2D eigenvalue weighted by Crippen LogP contribution is -2.24. The Morgan fingerprint density at radius 1 is 1.04 bits per heavy atom. The molecule has 4 nitrogen and oxygen atoms in total. The van der Waals surface area contributed by atoms with Gasteiger partial charge in [-0.05, 0) is 61.7 Å². The standard InChI is InChI=1S/C15H10Br4N2O2/c16-10-3-1-9(2-4-10)7-20-21-14(22)8-23-15-12(18)5-11(17)6-13(15)19/h1-7H,8H2,(H,21,22)/b20-7-. The van der Waals surface area contributed by atoms with E-state index in [4.69, 9.17) is 4.74 Å². The number of rotatable bonds is 5. The summed E-state index contributed by atoms with van der Waals surface area (Å²) in [6, 6.07) is 11.2. The van der Waals surface area contributed by atoms with Crippen molar-refractivity contribution in [2.45, 2.75) is 0 Å². The van der Waals surface area contributed by atoms with E-state index in [0.29, 0.717) is 5.75 Å². The van der Waals surface area contributed by atoms with Crippen molar-refractivity contribution in [2.24, 2.45) is 5.10 Å². The smallest absolute Gasteiger partial charge is 0.277 e. The molecule has 8 heteroatoms. The molecule has 0 bridgehead atoms. The number of halogens is 4. The van der Waals surface area contributed by atoms with E-state index in [0.717, 1.165) is 23.5 Å². The molecule has 0 aromatic heterocycles. The molecule has 0 heterocycles. The second-order valence-corrected chi connectivity index (χ2v) is 7.87. The second kappa shape index (κ2) is 8.96. The fraction of sp³-hybridized carbons (Fsp3) is 0.0667. The van der Waals surface area contributed by atoms with Gasteiger partial charge in [0.15, 0.2) is 6.61 Å². The average Bonchev–Trinajstić information content (AvgIpc) is 2.48. The lowest BCUT2D eigenvalue weighted by molar-refractivity contribution is -0.123. The molecule has 0 saturated heterocycles. The van der Waals surface area contributed by atoms with Crippen LogP contribution in [-0.4, -0.2) is 18.7 Å². The molecule has 23 heavy (non-hydrogen) atoms. The van der Waals surface area contributed by atoms with Gasteiger partial charge in [-0.2, -0.15) is 5.10 Å². The summed E-state index contributed by atoms with van der Waals surface area (Å²) in [6.45, 7) is -0.142. The number of nitrogens with one attached hydrogen (secondary N) is 1. The first-order valence-electron chi connectivity index (χ1n) is 6.30. The van der Waals surface area contributed by atoms with Crippen molar-refractivity contribution < 1.29 is 9.53 Å². The molecule has 0 unspecified atom stereocenters. The van der Waals surface area contributed by atoms with Crippen molar-refractivity contribution in [2.75, 3.05) is 6.61 Å². The lowest BCUT2D eigenvalue weighted by atomic mass is 10.2. The van der Waals surface area contributed by atoms with Crippen LogP contribution in [0.3, 0.4) is 0 Å². The maximum atomic E-state index is 11.8. The Bertz CT molecular complexity index is 710. The quantitative estimate of drug-likeness (QED) is 0.394. The minimum atomic E-state index is -0.347. The molecule has 0 radical (unpaired) electrons. The fourth-order valence-corrected chi connectivity index (χ4v) is 4.32. The fourth-order valence-electron chi connectivity index (χ4n) is 1.56. The average molecular weight is 570 g/mol. The summed E-state index contributed by atoms with van der Waals surface area (Å²) in [6.07, 6.45) is 1.57. The van der Waals surface area contributed by atoms with E-state index in [-0.39, 0.29) is 12.5 Å². The molecular weight excluding hydrogens is 560 g/mol. The monoisotopic (exact) mass is 566 g/mol. The summed E-state index contributed by atoms with van der Waals surface area (Å²) in [4.78, 5) is 11.8. The number of hydrogen-bond donors (Lipinski definition) is 1. The highest BCUT2D eigenvalue weighted by atomic mass is 79.9. The zero-order chi connectivity index (χ0) is 16.8. The first-order valence-corrected chi connectivity index (χ1v) is 9.47. The molecule has 120 valence electrons. The van der Waals surface area contributed by atoms with Crippen molar-refractivity contribution in [3.05, 3.63) is 59.9 Å². The van der Waals surface area contributed by atoms with Crippen LogP contribution in [0.2, 0.25) is 0 Å². The van der Waals surface area contributed by atoms with E-state index in [1.54, 1.807) is 6.21 Å². The van der Waals surface area contributed by atoms with Gasteiger partial charge in [-0.1, -0.05) is 44.0 Å². The highest BCUT2D eigenvalue weighted by Crippen LogP contribution is 2.36. The molecule has 0 saturated carbocycles. The number of carbonyl (C=O) groups is 1. The number of carbonyl (C=O) groups excluding carboxylic acids is 1. The van der Waals surface area contributed by atoms with Crippen LogP contribution in [0, 0.1) is 0 Å². The van der Waals surface area contributed by atoms with Crippen molar-refractivity contribution >= 4 is 75.8 Å². The number of ether oxygens (including phenoxy) is 1. The van der Waals surface area contributed by atoms with Gasteiger partial charge in [-0.3, -0.25) is 4.79 Å². The third-order valence-corrected chi connectivity index (χ3v) is 4.75. The summed E-state index contributed by atoms with van der Waals surface area (Å²) in [5.74, 6) is 0.209. The van der Waals surface area contributed by atoms with Crippen molar-refractivity contribution in [1.82, 2.24) is 5.43 Å². The minimum Gasteiger partial charge on any atom is -0.481 e. The Hall–Kier alpha value is -0.700. The first-order chi connectivity index (χ1) is 11.0. The van der Waals surface area contributed by atoms with E-state index < -0.39 is 0 Å². The maximum Gasteiger partial charge on any atom is 0.277 e. The molecule has 0 aliphatic rings. The van der Waals surface area contributed by atoms with Crippen LogP contribution < -0.4 is 10.2 Å². The van der Waals surface area contributed by atoms with Crippen LogP contribution >= 0.6 is 63.7 Å². The minimum absolute atomic E-state index is 0.142. The Balaban J connectivity index is 1.87. The first kappa shape index (κ1) is 18.6. The van der Waals surface area contributed by atoms with Gasteiger partial charge >= 0.3 is 0 Å². The third kappa shape index (κ3) is 6.02. The molecule has 2 aromatic rings. The number of nitrogens with zero attached hydrogens (tertiary/aromatic N) is 1. The number of amides is 1. The number of hydrogen-bond acceptors (Lipinski definition) is 3. The molecule has 0 atom stereocenters. The highest BCUT2D eigenvalue weighted by Gasteiger charge is 2.10. The van der Waals surface area contributed by atoms with E-state index in [9.17, 15) is 4.79 Å². The van der Waals surface area contributed by atoms with Crippen LogP contribution in [-0.2, 0) is 4.79 Å². The molecule has 0 fully saturated rings. The van der Waals surface area contributed by atoms with Crippen LogP contribution in [0.15, 0.2) is 59.4 Å². The normalized spacial score (nSPS) is 10.8. The SMILES string of the molecule is O=C(COc1c(Br)cc(Br)cc1Br)N/N=C\c1ccc(Br)cc1. The van der Waals surface area contributed by atoms with E-state index in [1.807, 2.05) is 36.4 Å². The van der Waals surface area contributed by atoms with Gasteiger partial charge in [0.25, 0.3) is 5.91 Å². The number of benzene rings is 2. The summed E-state index contributed by atoms with van der Waals surface area (Å²) in [5, 5.41) is 3.89. The highest BCUT2D eigenvalue weighted by molar-refractivity contribution is 9.11. The Kier molecular flexibility index (Phi) is 7.26. The topological polar surface area (TPSA) is 50.7 Å². The molecule has 0 spiro atoms. The van der Waals surface area contributed by atoms with Crippen molar-refractivity contribution in [3.8, 4) is 5.75 Å². The van der Waals surface area contributed by atoms with Crippen LogP contribution in [0.25, 0.3) is 0 Å². The molecule has 0 aliphatic carbocycles. The largest absolute Gasteiger partial charge is 0.481 e. The van der Waals surface area contributed by atoms with E-state index in [2.05, 4.69) is 74.2 Å². The van der Waals surface area contributed by atoms with Gasteiger partial charge in [0, 0.05) is 8.95 Å². The predicted molar refractivity (Wildman–Crippen MR) is 105 cm³/mol.